The van der Waals surface area contributed by atoms with E-state index < -0.39 is 108 Å². The monoisotopic (exact) mass is 1060 g/mol. The Morgan fingerprint density at radius 1 is 0.684 bits per heavy atom. The minimum atomic E-state index is -1.66. The Bertz CT molecular complexity index is 2590. The first kappa shape index (κ1) is 60.4. The van der Waals surface area contributed by atoms with Crippen molar-refractivity contribution in [1.29, 1.82) is 5.41 Å². The van der Waals surface area contributed by atoms with Crippen LogP contribution in [0.25, 0.3) is 10.9 Å². The number of nitrogens with two attached hydrogens (primary N) is 3. The molecule has 0 aliphatic heterocycles. The van der Waals surface area contributed by atoms with Gasteiger partial charge in [-0.05, 0) is 62.3 Å². The topological polar surface area (TPSA) is 416 Å². The van der Waals surface area contributed by atoms with Crippen LogP contribution in [0.4, 0.5) is 0 Å². The molecular formula is C51H73N15O10. The number of imidazole rings is 1. The summed E-state index contributed by atoms with van der Waals surface area (Å²) in [5.74, 6) is -9.19. The number of amides is 8. The Balaban J connectivity index is 1.71. The SMILES string of the molecule is CCCC[C@H](N)C(=O)N[C@@H](CC(=O)O)C(=O)N[C@@H](Cc1c[nH]cn1)C(=O)N[C@@H](Cc1ccccc1)C(=O)N[C@@H](CCCNC(=N)N)C(=O)N[C@H](C(=O)N[C@@H](CCCCN)C(=O)NC(C)=O)C(C)c1c[nH]c2ccccc12. The largest absolute Gasteiger partial charge is 0.481 e. The van der Waals surface area contributed by atoms with Crippen molar-refractivity contribution in [2.45, 2.75) is 140 Å². The van der Waals surface area contributed by atoms with E-state index in [9.17, 15) is 48.3 Å². The Labute approximate surface area is 440 Å². The highest BCUT2D eigenvalue weighted by Crippen LogP contribution is 2.28. The number of aliphatic carboxylic acids is 1. The average molecular weight is 1060 g/mol. The van der Waals surface area contributed by atoms with Crippen LogP contribution in [0.1, 0.15) is 101 Å². The highest BCUT2D eigenvalue weighted by atomic mass is 16.4. The number of unbranched alkanes of at least 4 members (excludes halogenated alkanes) is 2. The third kappa shape index (κ3) is 19.6. The first-order chi connectivity index (χ1) is 36.3. The number of carboxylic acid groups (broad SMARTS) is 1. The van der Waals surface area contributed by atoms with Gasteiger partial charge in [-0.25, -0.2) is 4.98 Å². The first-order valence-electron chi connectivity index (χ1n) is 25.3. The van der Waals surface area contributed by atoms with Crippen molar-refractivity contribution >= 4 is 70.1 Å². The number of hydrogen-bond donors (Lipinski definition) is 15. The molecular weight excluding hydrogens is 983 g/mol. The van der Waals surface area contributed by atoms with Crippen molar-refractivity contribution in [1.82, 2.24) is 57.5 Å². The van der Waals surface area contributed by atoms with Crippen LogP contribution in [0.15, 0.2) is 73.3 Å². The number of aromatic amines is 2. The highest BCUT2D eigenvalue weighted by molar-refractivity contribution is 6.01. The molecule has 4 rings (SSSR count). The van der Waals surface area contributed by atoms with E-state index in [1.54, 1.807) is 49.5 Å². The number of carboxylic acids is 1. The van der Waals surface area contributed by atoms with Gasteiger partial charge >= 0.3 is 5.97 Å². The molecule has 25 heteroatoms. The van der Waals surface area contributed by atoms with Gasteiger partial charge in [-0.15, -0.1) is 0 Å². The van der Waals surface area contributed by atoms with Gasteiger partial charge in [0.15, 0.2) is 5.96 Å². The first-order valence-corrected chi connectivity index (χ1v) is 25.3. The van der Waals surface area contributed by atoms with Crippen LogP contribution in [0.3, 0.4) is 0 Å². The van der Waals surface area contributed by atoms with E-state index in [-0.39, 0.29) is 51.0 Å². The molecule has 8 amide bonds. The molecule has 25 nitrogen and oxygen atoms in total. The summed E-state index contributed by atoms with van der Waals surface area (Å²) in [4.78, 5) is 133. The van der Waals surface area contributed by atoms with Crippen LogP contribution in [0.5, 0.6) is 0 Å². The van der Waals surface area contributed by atoms with E-state index in [0.29, 0.717) is 42.6 Å². The summed E-state index contributed by atoms with van der Waals surface area (Å²) >= 11 is 0. The van der Waals surface area contributed by atoms with Crippen LogP contribution in [-0.4, -0.2) is 135 Å². The van der Waals surface area contributed by atoms with Crippen molar-refractivity contribution in [2.24, 2.45) is 17.2 Å². The average Bonchev–Trinajstić information content (AvgIpc) is 4.07. The number of hydrogen-bond acceptors (Lipinski definition) is 13. The summed E-state index contributed by atoms with van der Waals surface area (Å²) in [6.07, 6.45) is 5.92. The second kappa shape index (κ2) is 30.9. The molecule has 18 N–H and O–H groups in total. The molecule has 0 aliphatic rings. The van der Waals surface area contributed by atoms with Crippen LogP contribution < -0.4 is 59.7 Å². The summed E-state index contributed by atoms with van der Waals surface area (Å²) in [6.45, 7) is 5.15. The number of carbonyl (C=O) groups excluding carboxylic acids is 8. The number of aromatic nitrogens is 3. The lowest BCUT2D eigenvalue weighted by Gasteiger charge is -2.30. The van der Waals surface area contributed by atoms with Gasteiger partial charge in [-0.3, -0.25) is 53.9 Å². The lowest BCUT2D eigenvalue weighted by atomic mass is 9.91. The normalized spacial score (nSPS) is 14.2. The third-order valence-corrected chi connectivity index (χ3v) is 12.4. The Morgan fingerprint density at radius 3 is 1.91 bits per heavy atom. The summed E-state index contributed by atoms with van der Waals surface area (Å²) < 4.78 is 0. The van der Waals surface area contributed by atoms with Crippen molar-refractivity contribution in [3.05, 3.63) is 90.1 Å². The molecule has 2 aromatic carbocycles. The molecule has 8 atom stereocenters. The fraction of sp³-hybridized carbons (Fsp3) is 0.471. The number of imide groups is 1. The number of H-pyrrole nitrogens is 2. The molecule has 412 valence electrons. The van der Waals surface area contributed by atoms with Gasteiger partial charge < -0.3 is 69.5 Å². The lowest BCUT2D eigenvalue weighted by Crippen LogP contribution is -2.61. The van der Waals surface area contributed by atoms with E-state index in [4.69, 9.17) is 22.6 Å². The van der Waals surface area contributed by atoms with E-state index in [2.05, 4.69) is 57.5 Å². The van der Waals surface area contributed by atoms with Crippen molar-refractivity contribution in [2.75, 3.05) is 13.1 Å². The van der Waals surface area contributed by atoms with Crippen LogP contribution in [0, 0.1) is 5.41 Å². The maximum atomic E-state index is 14.8. The zero-order chi connectivity index (χ0) is 55.7. The quantitative estimate of drug-likeness (QED) is 0.0166. The summed E-state index contributed by atoms with van der Waals surface area (Å²) in [5, 5.41) is 38.9. The Morgan fingerprint density at radius 2 is 1.28 bits per heavy atom. The number of benzene rings is 2. The van der Waals surface area contributed by atoms with Crippen LogP contribution in [-0.2, 0) is 56.0 Å². The molecule has 0 fully saturated rings. The smallest absolute Gasteiger partial charge is 0.305 e. The van der Waals surface area contributed by atoms with Crippen LogP contribution >= 0.6 is 0 Å². The van der Waals surface area contributed by atoms with Crippen molar-refractivity contribution < 1.29 is 48.3 Å². The fourth-order valence-corrected chi connectivity index (χ4v) is 8.32. The summed E-state index contributed by atoms with van der Waals surface area (Å²) in [5.41, 5.74) is 19.5. The van der Waals surface area contributed by atoms with E-state index in [1.807, 2.05) is 25.1 Å². The number of nitrogens with one attached hydrogen (secondary N) is 11. The Kier molecular flexibility index (Phi) is 24.5. The number of fused-ring (bicyclic) bond motifs is 1. The molecule has 2 aromatic heterocycles. The maximum Gasteiger partial charge on any atom is 0.305 e. The third-order valence-electron chi connectivity index (χ3n) is 12.4. The maximum absolute atomic E-state index is 14.8. The molecule has 4 aromatic rings. The molecule has 0 aliphatic carbocycles. The number of para-hydroxylation sites is 1. The second-order valence-corrected chi connectivity index (χ2v) is 18.5. The van der Waals surface area contributed by atoms with Gasteiger partial charge in [0, 0.05) is 55.5 Å². The molecule has 2 heterocycles. The second-order valence-electron chi connectivity index (χ2n) is 18.5. The molecule has 0 radical (unpaired) electrons. The number of guanidine groups is 1. The molecule has 76 heavy (non-hydrogen) atoms. The van der Waals surface area contributed by atoms with Gasteiger partial charge in [0.25, 0.3) is 0 Å². The minimum absolute atomic E-state index is 0.0904. The van der Waals surface area contributed by atoms with Crippen molar-refractivity contribution in [3.63, 3.8) is 0 Å². The van der Waals surface area contributed by atoms with Crippen LogP contribution in [0.2, 0.25) is 0 Å². The summed E-state index contributed by atoms with van der Waals surface area (Å²) in [7, 11) is 0. The van der Waals surface area contributed by atoms with E-state index >= 15 is 0 Å². The molecule has 0 saturated heterocycles. The number of carbonyl (C=O) groups is 9. The molecule has 1 unspecified atom stereocenters. The standard InChI is InChI=1S/C51H73N15O10/c1-4-5-17-35(53)44(70)63-41(25-42(68)69)49(75)65-40(24-32-26-56-28-59-32)48(74)64-39(23-31-14-7-6-8-15-31)47(73)61-38(20-13-22-57-51(54)55)46(72)66-43(29(2)34-27-58-36-18-10-9-16-33(34)36)50(76)62-37(19-11-12-21-52)45(71)60-30(3)67/h6-10,14-16,18,26-29,35,37-41,43,58H,4-5,11-13,17,19-25,52-53H2,1-3H3,(H,56,59)(H,61,73)(H,62,76)(H,63,70)(H,64,74)(H,65,75)(H,66,72)(H,68,69)(H4,54,55,57)(H,60,67,71)/t29?,35-,37-,38-,39-,40-,41-,43-/m0/s1. The van der Waals surface area contributed by atoms with Crippen molar-refractivity contribution in [3.8, 4) is 0 Å². The fourth-order valence-electron chi connectivity index (χ4n) is 8.32. The van der Waals surface area contributed by atoms with E-state index in [0.717, 1.165) is 24.2 Å². The van der Waals surface area contributed by atoms with Gasteiger partial charge in [-0.1, -0.05) is 75.2 Å². The van der Waals surface area contributed by atoms with Gasteiger partial charge in [0.05, 0.1) is 24.5 Å². The van der Waals surface area contributed by atoms with Gasteiger partial charge in [0.1, 0.15) is 36.3 Å². The lowest BCUT2D eigenvalue weighted by molar-refractivity contribution is -0.141. The molecule has 0 saturated carbocycles. The number of nitrogens with zero attached hydrogens (tertiary/aromatic N) is 1. The zero-order valence-electron chi connectivity index (χ0n) is 43.0. The predicted octanol–water partition coefficient (Wildman–Crippen LogP) is -0.564. The Hall–Kier alpha value is -8.19. The highest BCUT2D eigenvalue weighted by Gasteiger charge is 2.37. The predicted molar refractivity (Wildman–Crippen MR) is 281 cm³/mol. The minimum Gasteiger partial charge on any atom is -0.481 e. The van der Waals surface area contributed by atoms with Gasteiger partial charge in [-0.2, -0.15) is 0 Å². The number of rotatable bonds is 32. The van der Waals surface area contributed by atoms with Gasteiger partial charge in [0.2, 0.25) is 47.3 Å². The summed E-state index contributed by atoms with van der Waals surface area (Å²) in [6, 6.07) is 6.16. The zero-order valence-corrected chi connectivity index (χ0v) is 43.0. The van der Waals surface area contributed by atoms with E-state index in [1.165, 1.54) is 12.5 Å². The molecule has 0 bridgehead atoms. The molecule has 0 spiro atoms.